The maximum atomic E-state index is 9.73. The third-order valence-electron chi connectivity index (χ3n) is 2.97. The SMILES string of the molecule is CC(C)NC(C#N)(Cn1ccnc1)c1ccccc1. The highest BCUT2D eigenvalue weighted by molar-refractivity contribution is 5.31. The van der Waals surface area contributed by atoms with Crippen LogP contribution in [0.4, 0.5) is 0 Å². The summed E-state index contributed by atoms with van der Waals surface area (Å²) in [6, 6.07) is 12.5. The largest absolute Gasteiger partial charge is 0.334 e. The van der Waals surface area contributed by atoms with Crippen LogP contribution in [0.15, 0.2) is 49.1 Å². The van der Waals surface area contributed by atoms with Crippen LogP contribution in [0.1, 0.15) is 19.4 Å². The molecule has 4 nitrogen and oxygen atoms in total. The Morgan fingerprint density at radius 1 is 1.37 bits per heavy atom. The summed E-state index contributed by atoms with van der Waals surface area (Å²) in [4.78, 5) is 4.04. The molecule has 0 radical (unpaired) electrons. The van der Waals surface area contributed by atoms with Gasteiger partial charge in [0.2, 0.25) is 0 Å². The van der Waals surface area contributed by atoms with E-state index in [9.17, 15) is 5.26 Å². The molecular formula is C15H18N4. The summed E-state index contributed by atoms with van der Waals surface area (Å²) >= 11 is 0. The second-order valence-corrected chi connectivity index (χ2v) is 4.92. The number of nitrogens with zero attached hydrogens (tertiary/aromatic N) is 3. The number of nitrogens with one attached hydrogen (secondary N) is 1. The van der Waals surface area contributed by atoms with Gasteiger partial charge in [0.25, 0.3) is 0 Å². The zero-order valence-electron chi connectivity index (χ0n) is 11.2. The molecule has 1 atom stereocenters. The lowest BCUT2D eigenvalue weighted by molar-refractivity contribution is 0.339. The Bertz CT molecular complexity index is 539. The molecule has 1 heterocycles. The Morgan fingerprint density at radius 3 is 2.63 bits per heavy atom. The molecule has 4 heteroatoms. The average Bonchev–Trinajstić information content (AvgIpc) is 2.91. The molecule has 1 aromatic heterocycles. The Hall–Kier alpha value is -2.12. The van der Waals surface area contributed by atoms with E-state index in [0.29, 0.717) is 6.54 Å². The van der Waals surface area contributed by atoms with Crippen LogP contribution in [0.3, 0.4) is 0 Å². The fraction of sp³-hybridized carbons (Fsp3) is 0.333. The van der Waals surface area contributed by atoms with Gasteiger partial charge in [0, 0.05) is 18.4 Å². The second kappa shape index (κ2) is 5.68. The Labute approximate surface area is 113 Å². The lowest BCUT2D eigenvalue weighted by atomic mass is 9.90. The van der Waals surface area contributed by atoms with Gasteiger partial charge < -0.3 is 4.57 Å². The molecule has 0 aliphatic heterocycles. The summed E-state index contributed by atoms with van der Waals surface area (Å²) in [6.07, 6.45) is 5.33. The van der Waals surface area contributed by atoms with E-state index in [4.69, 9.17) is 0 Å². The van der Waals surface area contributed by atoms with Gasteiger partial charge in [-0.1, -0.05) is 30.3 Å². The van der Waals surface area contributed by atoms with Gasteiger partial charge in [0.05, 0.1) is 18.9 Å². The van der Waals surface area contributed by atoms with Crippen molar-refractivity contribution in [2.24, 2.45) is 0 Å². The maximum absolute atomic E-state index is 9.73. The average molecular weight is 254 g/mol. The van der Waals surface area contributed by atoms with Crippen molar-refractivity contribution >= 4 is 0 Å². The minimum Gasteiger partial charge on any atom is -0.334 e. The van der Waals surface area contributed by atoms with Crippen LogP contribution in [0.5, 0.6) is 0 Å². The smallest absolute Gasteiger partial charge is 0.150 e. The Kier molecular flexibility index (Phi) is 3.98. The molecule has 19 heavy (non-hydrogen) atoms. The van der Waals surface area contributed by atoms with E-state index >= 15 is 0 Å². The molecule has 0 amide bonds. The van der Waals surface area contributed by atoms with Gasteiger partial charge in [-0.15, -0.1) is 0 Å². The summed E-state index contributed by atoms with van der Waals surface area (Å²) in [5.74, 6) is 0. The van der Waals surface area contributed by atoms with Gasteiger partial charge in [0.1, 0.15) is 0 Å². The van der Waals surface area contributed by atoms with Crippen LogP contribution in [0, 0.1) is 11.3 Å². The van der Waals surface area contributed by atoms with E-state index in [1.165, 1.54) is 0 Å². The second-order valence-electron chi connectivity index (χ2n) is 4.92. The van der Waals surface area contributed by atoms with E-state index in [1.54, 1.807) is 12.5 Å². The quantitative estimate of drug-likeness (QED) is 0.890. The third kappa shape index (κ3) is 3.01. The molecule has 0 saturated heterocycles. The highest BCUT2D eigenvalue weighted by atomic mass is 15.1. The molecule has 0 saturated carbocycles. The van der Waals surface area contributed by atoms with Crippen molar-refractivity contribution in [3.8, 4) is 6.07 Å². The molecule has 0 spiro atoms. The first-order valence-electron chi connectivity index (χ1n) is 6.36. The fourth-order valence-corrected chi connectivity index (χ4v) is 2.22. The van der Waals surface area contributed by atoms with E-state index in [1.807, 2.05) is 54.9 Å². The fourth-order valence-electron chi connectivity index (χ4n) is 2.22. The number of hydrogen-bond acceptors (Lipinski definition) is 3. The van der Waals surface area contributed by atoms with Gasteiger partial charge in [-0.3, -0.25) is 5.32 Å². The van der Waals surface area contributed by atoms with Crippen LogP contribution in [-0.2, 0) is 12.1 Å². The van der Waals surface area contributed by atoms with E-state index in [0.717, 1.165) is 5.56 Å². The topological polar surface area (TPSA) is 53.6 Å². The molecule has 98 valence electrons. The van der Waals surface area contributed by atoms with Crippen molar-refractivity contribution in [1.82, 2.24) is 14.9 Å². The van der Waals surface area contributed by atoms with E-state index in [-0.39, 0.29) is 6.04 Å². The van der Waals surface area contributed by atoms with Crippen LogP contribution in [0.25, 0.3) is 0 Å². The van der Waals surface area contributed by atoms with Crippen molar-refractivity contribution < 1.29 is 0 Å². The van der Waals surface area contributed by atoms with Crippen LogP contribution in [-0.4, -0.2) is 15.6 Å². The summed E-state index contributed by atoms with van der Waals surface area (Å²) in [6.45, 7) is 4.62. The molecule has 2 rings (SSSR count). The normalized spacial score (nSPS) is 14.0. The van der Waals surface area contributed by atoms with Crippen molar-refractivity contribution in [3.05, 3.63) is 54.6 Å². The van der Waals surface area contributed by atoms with Crippen molar-refractivity contribution in [3.63, 3.8) is 0 Å². The van der Waals surface area contributed by atoms with Crippen molar-refractivity contribution in [2.45, 2.75) is 32.0 Å². The lowest BCUT2D eigenvalue weighted by Gasteiger charge is -2.31. The van der Waals surface area contributed by atoms with Crippen LogP contribution < -0.4 is 5.32 Å². The zero-order chi connectivity index (χ0) is 13.7. The number of hydrogen-bond donors (Lipinski definition) is 1. The highest BCUT2D eigenvalue weighted by Crippen LogP contribution is 2.23. The van der Waals surface area contributed by atoms with E-state index < -0.39 is 5.54 Å². The minimum atomic E-state index is -0.740. The molecule has 0 aliphatic rings. The third-order valence-corrected chi connectivity index (χ3v) is 2.97. The molecule has 1 aromatic carbocycles. The molecule has 2 aromatic rings. The van der Waals surface area contributed by atoms with Gasteiger partial charge >= 0.3 is 0 Å². The van der Waals surface area contributed by atoms with Crippen LogP contribution >= 0.6 is 0 Å². The monoisotopic (exact) mass is 254 g/mol. The Morgan fingerprint density at radius 2 is 2.11 bits per heavy atom. The molecule has 1 unspecified atom stereocenters. The molecular weight excluding hydrogens is 236 g/mol. The van der Waals surface area contributed by atoms with Gasteiger partial charge in [-0.25, -0.2) is 4.98 Å². The number of rotatable bonds is 5. The first-order chi connectivity index (χ1) is 9.16. The summed E-state index contributed by atoms with van der Waals surface area (Å²) in [7, 11) is 0. The number of imidazole rings is 1. The predicted octanol–water partition coefficient (Wildman–Crippen LogP) is 2.30. The maximum Gasteiger partial charge on any atom is 0.150 e. The Balaban J connectivity index is 2.40. The minimum absolute atomic E-state index is 0.211. The zero-order valence-corrected chi connectivity index (χ0v) is 11.2. The van der Waals surface area contributed by atoms with Crippen molar-refractivity contribution in [2.75, 3.05) is 0 Å². The van der Waals surface area contributed by atoms with Gasteiger partial charge in [-0.05, 0) is 19.4 Å². The van der Waals surface area contributed by atoms with E-state index in [2.05, 4.69) is 16.4 Å². The predicted molar refractivity (Wildman–Crippen MR) is 74.2 cm³/mol. The first kappa shape index (κ1) is 13.3. The summed E-state index contributed by atoms with van der Waals surface area (Å²) in [5, 5.41) is 13.1. The molecule has 0 bridgehead atoms. The number of aromatic nitrogens is 2. The molecule has 0 aliphatic carbocycles. The van der Waals surface area contributed by atoms with Crippen molar-refractivity contribution in [1.29, 1.82) is 5.26 Å². The van der Waals surface area contributed by atoms with Gasteiger partial charge in [-0.2, -0.15) is 5.26 Å². The summed E-state index contributed by atoms with van der Waals surface area (Å²) in [5.41, 5.74) is 0.232. The standard InChI is InChI=1S/C15H18N4/c1-13(2)18-15(10-16,11-19-9-8-17-12-19)14-6-4-3-5-7-14/h3-9,12-13,18H,11H2,1-2H3. The highest BCUT2D eigenvalue weighted by Gasteiger charge is 2.33. The summed E-state index contributed by atoms with van der Waals surface area (Å²) < 4.78 is 1.92. The molecule has 1 N–H and O–H groups in total. The number of benzene rings is 1. The first-order valence-corrected chi connectivity index (χ1v) is 6.36. The molecule has 0 fully saturated rings. The number of nitriles is 1. The lowest BCUT2D eigenvalue weighted by Crippen LogP contribution is -2.47. The van der Waals surface area contributed by atoms with Crippen LogP contribution in [0.2, 0.25) is 0 Å². The van der Waals surface area contributed by atoms with Gasteiger partial charge in [0.15, 0.2) is 5.54 Å².